The van der Waals surface area contributed by atoms with Crippen molar-refractivity contribution < 1.29 is 39.5 Å². The van der Waals surface area contributed by atoms with Crippen molar-refractivity contribution in [3.8, 4) is 5.75 Å². The van der Waals surface area contributed by atoms with Crippen LogP contribution < -0.4 is 10.1 Å². The Morgan fingerprint density at radius 2 is 1.85 bits per heavy atom. The molecule has 1 aromatic rings. The van der Waals surface area contributed by atoms with E-state index >= 15 is 0 Å². The first-order valence-corrected chi connectivity index (χ1v) is 8.01. The number of amides is 1. The number of hydrogen-bond donors (Lipinski definition) is 5. The third-order valence-electron chi connectivity index (χ3n) is 4.43. The Bertz CT molecular complexity index is 649. The molecule has 144 valence electrons. The van der Waals surface area contributed by atoms with Gasteiger partial charge in [-0.2, -0.15) is 0 Å². The molecule has 26 heavy (non-hydrogen) atoms. The van der Waals surface area contributed by atoms with Gasteiger partial charge in [0.2, 0.25) is 5.91 Å². The van der Waals surface area contributed by atoms with E-state index in [-0.39, 0.29) is 5.56 Å². The number of aliphatic hydroxyl groups excluding tert-OH is 4. The number of aliphatic hydroxyl groups is 4. The Morgan fingerprint density at radius 1 is 1.23 bits per heavy atom. The van der Waals surface area contributed by atoms with Gasteiger partial charge in [-0.05, 0) is 24.3 Å². The molecule has 9 heteroatoms. The second-order valence-electron chi connectivity index (χ2n) is 6.19. The van der Waals surface area contributed by atoms with Gasteiger partial charge in [-0.25, -0.2) is 0 Å². The molecule has 0 unspecified atom stereocenters. The third-order valence-corrected chi connectivity index (χ3v) is 4.43. The van der Waals surface area contributed by atoms with Gasteiger partial charge >= 0.3 is 0 Å². The standard InChI is InChI=1S/C17H23NO8/c1-9(20)18-17(15(23)14(22)13(8-19)26-16(17)24)7-12(21)10-3-5-11(25-2)6-4-10/h3-6,13-16,19,22-24H,7-8H2,1-2H3,(H,18,20)/t13-,14-,15+,16-,17-/m1/s1. The molecular formula is C17H23NO8. The number of methoxy groups -OCH3 is 1. The molecule has 1 fully saturated rings. The molecule has 1 saturated heterocycles. The highest BCUT2D eigenvalue weighted by atomic mass is 16.6. The Labute approximate surface area is 150 Å². The van der Waals surface area contributed by atoms with E-state index in [2.05, 4.69) is 5.32 Å². The lowest BCUT2D eigenvalue weighted by Crippen LogP contribution is -2.73. The Kier molecular flexibility index (Phi) is 6.32. The summed E-state index contributed by atoms with van der Waals surface area (Å²) in [6.45, 7) is 0.488. The molecular weight excluding hydrogens is 346 g/mol. The third kappa shape index (κ3) is 3.87. The molecule has 0 bridgehead atoms. The van der Waals surface area contributed by atoms with Crippen LogP contribution in [0.1, 0.15) is 23.7 Å². The minimum atomic E-state index is -1.96. The average Bonchev–Trinajstić information content (AvgIpc) is 2.62. The lowest BCUT2D eigenvalue weighted by molar-refractivity contribution is -0.282. The summed E-state index contributed by atoms with van der Waals surface area (Å²) in [5.41, 5.74) is -1.71. The highest BCUT2D eigenvalue weighted by molar-refractivity contribution is 5.97. The van der Waals surface area contributed by atoms with Gasteiger partial charge in [-0.15, -0.1) is 0 Å². The second-order valence-corrected chi connectivity index (χ2v) is 6.19. The minimum absolute atomic E-state index is 0.258. The molecule has 0 spiro atoms. The molecule has 9 nitrogen and oxygen atoms in total. The van der Waals surface area contributed by atoms with Crippen LogP contribution in [0.4, 0.5) is 0 Å². The quantitative estimate of drug-likeness (QED) is 0.384. The number of benzene rings is 1. The maximum atomic E-state index is 12.6. The number of nitrogens with one attached hydrogen (secondary N) is 1. The number of ketones is 1. The van der Waals surface area contributed by atoms with Gasteiger partial charge < -0.3 is 35.2 Å². The van der Waals surface area contributed by atoms with Crippen molar-refractivity contribution in [2.45, 2.75) is 43.5 Å². The maximum Gasteiger partial charge on any atom is 0.217 e. The van der Waals surface area contributed by atoms with E-state index in [1.165, 1.54) is 19.2 Å². The average molecular weight is 369 g/mol. The summed E-state index contributed by atoms with van der Waals surface area (Å²) in [7, 11) is 1.48. The first-order chi connectivity index (χ1) is 12.2. The summed E-state index contributed by atoms with van der Waals surface area (Å²) in [6.07, 6.45) is -6.95. The fourth-order valence-electron chi connectivity index (χ4n) is 3.02. The van der Waals surface area contributed by atoms with Crippen LogP contribution in [0.3, 0.4) is 0 Å². The van der Waals surface area contributed by atoms with E-state index in [1.807, 2.05) is 0 Å². The van der Waals surface area contributed by atoms with Crippen LogP contribution >= 0.6 is 0 Å². The van der Waals surface area contributed by atoms with Crippen LogP contribution in [-0.4, -0.2) is 76.0 Å². The van der Waals surface area contributed by atoms with Crippen molar-refractivity contribution in [2.24, 2.45) is 0 Å². The Balaban J connectivity index is 2.33. The van der Waals surface area contributed by atoms with Crippen LogP contribution in [0.15, 0.2) is 24.3 Å². The molecule has 1 aliphatic rings. The van der Waals surface area contributed by atoms with Crippen LogP contribution in [0.25, 0.3) is 0 Å². The SMILES string of the molecule is COc1ccc(C(=O)C[C@]2(NC(C)=O)[C@H](O)O[C@H](CO)[C@@H](O)[C@@H]2O)cc1. The summed E-state index contributed by atoms with van der Waals surface area (Å²) in [5, 5.41) is 42.5. The number of ether oxygens (including phenoxy) is 2. The molecule has 1 aliphatic heterocycles. The number of hydrogen-bond acceptors (Lipinski definition) is 8. The van der Waals surface area contributed by atoms with Crippen LogP contribution in [0, 0.1) is 0 Å². The first kappa shape index (κ1) is 20.3. The van der Waals surface area contributed by atoms with Crippen molar-refractivity contribution in [3.05, 3.63) is 29.8 Å². The van der Waals surface area contributed by atoms with Crippen LogP contribution in [0.2, 0.25) is 0 Å². The largest absolute Gasteiger partial charge is 0.497 e. The van der Waals surface area contributed by atoms with Gasteiger partial charge in [0.1, 0.15) is 29.6 Å². The Morgan fingerprint density at radius 3 is 2.35 bits per heavy atom. The Hall–Kier alpha value is -2.04. The molecule has 0 saturated carbocycles. The highest BCUT2D eigenvalue weighted by Crippen LogP contribution is 2.33. The first-order valence-electron chi connectivity index (χ1n) is 8.01. The molecule has 5 atom stereocenters. The fraction of sp³-hybridized carbons (Fsp3) is 0.529. The molecule has 1 aromatic carbocycles. The van der Waals surface area contributed by atoms with Crippen LogP contribution in [0.5, 0.6) is 5.75 Å². The van der Waals surface area contributed by atoms with Gasteiger partial charge in [0.25, 0.3) is 0 Å². The summed E-state index contributed by atoms with van der Waals surface area (Å²) >= 11 is 0. The van der Waals surface area contributed by atoms with E-state index in [1.54, 1.807) is 12.1 Å². The summed E-state index contributed by atoms with van der Waals surface area (Å²) in [4.78, 5) is 24.3. The predicted octanol–water partition coefficient (Wildman–Crippen LogP) is -1.43. The summed E-state index contributed by atoms with van der Waals surface area (Å²) in [5.74, 6) is -0.595. The van der Waals surface area contributed by atoms with E-state index < -0.39 is 54.9 Å². The molecule has 1 amide bonds. The fourth-order valence-corrected chi connectivity index (χ4v) is 3.02. The number of carbonyl (C=O) groups excluding carboxylic acids is 2. The summed E-state index contributed by atoms with van der Waals surface area (Å²) in [6, 6.07) is 6.13. The van der Waals surface area contributed by atoms with Crippen LogP contribution in [-0.2, 0) is 9.53 Å². The molecule has 0 aromatic heterocycles. The van der Waals surface area contributed by atoms with Crippen molar-refractivity contribution in [2.75, 3.05) is 13.7 Å². The van der Waals surface area contributed by atoms with E-state index in [0.29, 0.717) is 5.75 Å². The monoisotopic (exact) mass is 369 g/mol. The molecule has 2 rings (SSSR count). The number of rotatable bonds is 6. The van der Waals surface area contributed by atoms with Crippen molar-refractivity contribution in [1.29, 1.82) is 0 Å². The highest BCUT2D eigenvalue weighted by Gasteiger charge is 2.56. The topological polar surface area (TPSA) is 146 Å². The smallest absolute Gasteiger partial charge is 0.217 e. The molecule has 1 heterocycles. The van der Waals surface area contributed by atoms with Gasteiger partial charge in [-0.1, -0.05) is 0 Å². The van der Waals surface area contributed by atoms with Crippen molar-refractivity contribution in [1.82, 2.24) is 5.32 Å². The van der Waals surface area contributed by atoms with E-state index in [0.717, 1.165) is 6.92 Å². The maximum absolute atomic E-state index is 12.6. The molecule has 0 radical (unpaired) electrons. The molecule has 5 N–H and O–H groups in total. The zero-order valence-corrected chi connectivity index (χ0v) is 14.5. The lowest BCUT2D eigenvalue weighted by atomic mass is 9.78. The molecule has 0 aliphatic carbocycles. The van der Waals surface area contributed by atoms with Gasteiger partial charge in [0.05, 0.1) is 13.7 Å². The van der Waals surface area contributed by atoms with Crippen molar-refractivity contribution in [3.63, 3.8) is 0 Å². The lowest BCUT2D eigenvalue weighted by Gasteiger charge is -2.49. The van der Waals surface area contributed by atoms with Gasteiger partial charge in [-0.3, -0.25) is 9.59 Å². The minimum Gasteiger partial charge on any atom is -0.497 e. The summed E-state index contributed by atoms with van der Waals surface area (Å²) < 4.78 is 10.1. The predicted molar refractivity (Wildman–Crippen MR) is 88.5 cm³/mol. The van der Waals surface area contributed by atoms with Gasteiger partial charge in [0.15, 0.2) is 12.1 Å². The number of carbonyl (C=O) groups is 2. The van der Waals surface area contributed by atoms with E-state index in [4.69, 9.17) is 9.47 Å². The van der Waals surface area contributed by atoms with E-state index in [9.17, 15) is 30.0 Å². The zero-order chi connectivity index (χ0) is 19.5. The zero-order valence-electron chi connectivity index (χ0n) is 14.5. The number of Topliss-reactive ketones (excluding diaryl/α,β-unsaturated/α-hetero) is 1. The van der Waals surface area contributed by atoms with Crippen molar-refractivity contribution >= 4 is 11.7 Å². The second kappa shape index (κ2) is 8.11. The van der Waals surface area contributed by atoms with Gasteiger partial charge in [0, 0.05) is 18.9 Å². The normalized spacial score (nSPS) is 31.3.